The SMILES string of the molecule is CC(=O)c1ccc(NS(=O)[O-])c(CSc2ccccc2)c1. The van der Waals surface area contributed by atoms with Crippen molar-refractivity contribution in [1.82, 2.24) is 0 Å². The van der Waals surface area contributed by atoms with Crippen LogP contribution >= 0.6 is 11.8 Å². The lowest BCUT2D eigenvalue weighted by Gasteiger charge is -2.14. The third-order valence-electron chi connectivity index (χ3n) is 2.84. The Hall–Kier alpha value is -1.63. The van der Waals surface area contributed by atoms with Crippen LogP contribution in [0.4, 0.5) is 5.69 Å². The molecule has 0 amide bonds. The zero-order chi connectivity index (χ0) is 15.2. The van der Waals surface area contributed by atoms with Crippen molar-refractivity contribution in [2.24, 2.45) is 0 Å². The number of anilines is 1. The molecule has 1 unspecified atom stereocenters. The number of benzene rings is 2. The second-order valence-corrected chi connectivity index (χ2v) is 6.09. The van der Waals surface area contributed by atoms with Gasteiger partial charge in [-0.2, -0.15) is 0 Å². The third kappa shape index (κ3) is 4.70. The maximum Gasteiger partial charge on any atom is 0.159 e. The van der Waals surface area contributed by atoms with E-state index in [1.165, 1.54) is 6.92 Å². The van der Waals surface area contributed by atoms with Crippen LogP contribution in [-0.4, -0.2) is 14.5 Å². The molecule has 0 aliphatic rings. The summed E-state index contributed by atoms with van der Waals surface area (Å²) in [5.41, 5.74) is 1.85. The number of nitrogens with one attached hydrogen (secondary N) is 1. The number of carbonyl (C=O) groups excluding carboxylic acids is 1. The highest BCUT2D eigenvalue weighted by Gasteiger charge is 2.07. The minimum atomic E-state index is -2.39. The normalized spacial score (nSPS) is 11.9. The summed E-state index contributed by atoms with van der Waals surface area (Å²) in [6.07, 6.45) is 0. The smallest absolute Gasteiger partial charge is 0.159 e. The van der Waals surface area contributed by atoms with Crippen molar-refractivity contribution >= 4 is 34.5 Å². The molecule has 0 radical (unpaired) electrons. The van der Waals surface area contributed by atoms with E-state index in [4.69, 9.17) is 0 Å². The van der Waals surface area contributed by atoms with E-state index >= 15 is 0 Å². The van der Waals surface area contributed by atoms with E-state index < -0.39 is 11.3 Å². The van der Waals surface area contributed by atoms with E-state index in [1.807, 2.05) is 30.3 Å². The van der Waals surface area contributed by atoms with Gasteiger partial charge in [0, 0.05) is 33.2 Å². The summed E-state index contributed by atoms with van der Waals surface area (Å²) in [7, 11) is 0. The summed E-state index contributed by atoms with van der Waals surface area (Å²) in [6.45, 7) is 1.49. The van der Waals surface area contributed by atoms with Crippen LogP contribution in [0, 0.1) is 0 Å². The molecule has 1 N–H and O–H groups in total. The molecule has 0 spiro atoms. The van der Waals surface area contributed by atoms with Crippen LogP contribution in [-0.2, 0) is 17.0 Å². The minimum Gasteiger partial charge on any atom is -0.755 e. The van der Waals surface area contributed by atoms with Gasteiger partial charge in [-0.05, 0) is 42.8 Å². The first-order chi connectivity index (χ1) is 10.1. The molecule has 1 atom stereocenters. The maximum atomic E-state index is 11.5. The molecule has 2 aromatic rings. The fourth-order valence-corrected chi connectivity index (χ4v) is 3.09. The van der Waals surface area contributed by atoms with Crippen molar-refractivity contribution in [3.8, 4) is 0 Å². The molecule has 0 bridgehead atoms. The number of Topliss-reactive ketones (excluding diaryl/α,β-unsaturated/α-hetero) is 1. The first kappa shape index (κ1) is 15.8. The van der Waals surface area contributed by atoms with E-state index in [2.05, 4.69) is 4.72 Å². The minimum absolute atomic E-state index is 0.0456. The molecule has 0 heterocycles. The van der Waals surface area contributed by atoms with Crippen molar-refractivity contribution < 1.29 is 13.6 Å². The van der Waals surface area contributed by atoms with Crippen LogP contribution in [0.2, 0.25) is 0 Å². The van der Waals surface area contributed by atoms with Crippen LogP contribution in [0.3, 0.4) is 0 Å². The summed E-state index contributed by atoms with van der Waals surface area (Å²) in [4.78, 5) is 12.5. The van der Waals surface area contributed by atoms with Crippen LogP contribution < -0.4 is 4.72 Å². The predicted molar refractivity (Wildman–Crippen MR) is 85.0 cm³/mol. The van der Waals surface area contributed by atoms with Gasteiger partial charge < -0.3 is 9.27 Å². The number of rotatable bonds is 6. The molecule has 2 rings (SSSR count). The quantitative estimate of drug-likeness (QED) is 0.503. The van der Waals surface area contributed by atoms with Crippen molar-refractivity contribution in [1.29, 1.82) is 0 Å². The van der Waals surface area contributed by atoms with Gasteiger partial charge in [-0.15, -0.1) is 11.8 Å². The standard InChI is InChI=1S/C15H15NO3S2/c1-11(17)12-7-8-15(16-21(18)19)13(9-12)10-20-14-5-3-2-4-6-14/h2-9,16H,10H2,1H3,(H,18,19)/p-1. The Balaban J connectivity index is 2.23. The Kier molecular flexibility index (Phi) is 5.55. The molecule has 0 aliphatic carbocycles. The van der Waals surface area contributed by atoms with Gasteiger partial charge in [0.05, 0.1) is 0 Å². The molecule has 6 heteroatoms. The van der Waals surface area contributed by atoms with E-state index in [0.717, 1.165) is 10.5 Å². The maximum absolute atomic E-state index is 11.5. The third-order valence-corrected chi connectivity index (χ3v) is 4.29. The Labute approximate surface area is 130 Å². The molecule has 0 saturated carbocycles. The topological polar surface area (TPSA) is 69.2 Å². The average Bonchev–Trinajstić information content (AvgIpc) is 2.46. The summed E-state index contributed by atoms with van der Waals surface area (Å²) in [6, 6.07) is 14.8. The van der Waals surface area contributed by atoms with Crippen LogP contribution in [0.25, 0.3) is 0 Å². The van der Waals surface area contributed by atoms with E-state index in [9.17, 15) is 13.6 Å². The summed E-state index contributed by atoms with van der Waals surface area (Å²) in [5.74, 6) is 0.528. The van der Waals surface area contributed by atoms with Crippen molar-refractivity contribution in [2.45, 2.75) is 17.6 Å². The lowest BCUT2D eigenvalue weighted by atomic mass is 10.1. The zero-order valence-electron chi connectivity index (χ0n) is 11.4. The highest BCUT2D eigenvalue weighted by atomic mass is 32.2. The van der Waals surface area contributed by atoms with E-state index in [1.54, 1.807) is 30.0 Å². The Morgan fingerprint density at radius 2 is 1.95 bits per heavy atom. The Morgan fingerprint density at radius 3 is 2.57 bits per heavy atom. The van der Waals surface area contributed by atoms with Gasteiger partial charge in [0.1, 0.15) is 0 Å². The first-order valence-electron chi connectivity index (χ1n) is 6.24. The highest BCUT2D eigenvalue weighted by Crippen LogP contribution is 2.27. The molecule has 110 valence electrons. The van der Waals surface area contributed by atoms with Crippen LogP contribution in [0.5, 0.6) is 0 Å². The predicted octanol–water partition coefficient (Wildman–Crippen LogP) is 3.39. The second-order valence-electron chi connectivity index (χ2n) is 4.37. The molecule has 0 aromatic heterocycles. The monoisotopic (exact) mass is 320 g/mol. The van der Waals surface area contributed by atoms with Gasteiger partial charge in [-0.25, -0.2) is 0 Å². The van der Waals surface area contributed by atoms with Gasteiger partial charge in [0.15, 0.2) is 5.78 Å². The fourth-order valence-electron chi connectivity index (χ4n) is 1.80. The molecule has 0 fully saturated rings. The molecule has 4 nitrogen and oxygen atoms in total. The van der Waals surface area contributed by atoms with Gasteiger partial charge in [0.25, 0.3) is 0 Å². The Bertz CT molecular complexity index is 659. The highest BCUT2D eigenvalue weighted by molar-refractivity contribution is 7.98. The lowest BCUT2D eigenvalue weighted by Crippen LogP contribution is -2.06. The number of carbonyl (C=O) groups is 1. The first-order valence-corrected chi connectivity index (χ1v) is 8.30. The van der Waals surface area contributed by atoms with Gasteiger partial charge in [0.2, 0.25) is 0 Å². The number of ketones is 1. The number of hydrogen-bond acceptors (Lipinski definition) is 4. The van der Waals surface area contributed by atoms with Crippen molar-refractivity contribution in [3.63, 3.8) is 0 Å². The summed E-state index contributed by atoms with van der Waals surface area (Å²) < 4.78 is 24.0. The number of hydrogen-bond donors (Lipinski definition) is 1. The fraction of sp³-hybridized carbons (Fsp3) is 0.133. The summed E-state index contributed by atoms with van der Waals surface area (Å²) in [5, 5.41) is 0. The molecule has 21 heavy (non-hydrogen) atoms. The Morgan fingerprint density at radius 1 is 1.24 bits per heavy atom. The molecule has 2 aromatic carbocycles. The van der Waals surface area contributed by atoms with Gasteiger partial charge >= 0.3 is 0 Å². The zero-order valence-corrected chi connectivity index (χ0v) is 13.0. The number of thioether (sulfide) groups is 1. The molecular formula is C15H14NO3S2-. The van der Waals surface area contributed by atoms with Gasteiger partial charge in [-0.3, -0.25) is 9.00 Å². The van der Waals surface area contributed by atoms with Crippen molar-refractivity contribution in [3.05, 3.63) is 59.7 Å². The van der Waals surface area contributed by atoms with E-state index in [0.29, 0.717) is 17.0 Å². The van der Waals surface area contributed by atoms with E-state index in [-0.39, 0.29) is 5.78 Å². The summed E-state index contributed by atoms with van der Waals surface area (Å²) >= 11 is -0.804. The molecule has 0 aliphatic heterocycles. The lowest BCUT2D eigenvalue weighted by molar-refractivity contribution is 0.101. The van der Waals surface area contributed by atoms with Crippen LogP contribution in [0.15, 0.2) is 53.4 Å². The van der Waals surface area contributed by atoms with Crippen LogP contribution in [0.1, 0.15) is 22.8 Å². The van der Waals surface area contributed by atoms with Gasteiger partial charge in [-0.1, -0.05) is 18.2 Å². The van der Waals surface area contributed by atoms with Crippen molar-refractivity contribution in [2.75, 3.05) is 4.72 Å². The average molecular weight is 320 g/mol. The molecular weight excluding hydrogens is 306 g/mol. The largest absolute Gasteiger partial charge is 0.755 e. The molecule has 0 saturated heterocycles. The second kappa shape index (κ2) is 7.40.